The third kappa shape index (κ3) is 4.03. The molecular formula is C18H17NO4S. The van der Waals surface area contributed by atoms with Crippen molar-refractivity contribution in [2.45, 2.75) is 23.9 Å². The van der Waals surface area contributed by atoms with Gasteiger partial charge in [0.05, 0.1) is 0 Å². The highest BCUT2D eigenvalue weighted by molar-refractivity contribution is 8.00. The lowest BCUT2D eigenvalue weighted by Crippen LogP contribution is -2.49. The van der Waals surface area contributed by atoms with Crippen LogP contribution in [0.4, 0.5) is 0 Å². The molecular weight excluding hydrogens is 326 g/mol. The Labute approximate surface area is 144 Å². The third-order valence-electron chi connectivity index (χ3n) is 3.45. The zero-order valence-corrected chi connectivity index (χ0v) is 14.0. The summed E-state index contributed by atoms with van der Waals surface area (Å²) >= 11 is 1.26. The molecule has 0 bridgehead atoms. The number of hydroxylamine groups is 2. The van der Waals surface area contributed by atoms with Gasteiger partial charge in [-0.2, -0.15) is 0 Å². The molecule has 1 fully saturated rings. The average molecular weight is 343 g/mol. The van der Waals surface area contributed by atoms with E-state index >= 15 is 0 Å². The number of hydrogen-bond acceptors (Lipinski definition) is 5. The first-order chi connectivity index (χ1) is 11.6. The maximum Gasteiger partial charge on any atom is 0.293 e. The minimum Gasteiger partial charge on any atom is -0.347 e. The Balaban J connectivity index is 1.64. The smallest absolute Gasteiger partial charge is 0.293 e. The summed E-state index contributed by atoms with van der Waals surface area (Å²) in [4.78, 5) is 30.7. The fraction of sp³-hybridized carbons (Fsp3) is 0.222. The van der Waals surface area contributed by atoms with E-state index in [1.165, 1.54) is 11.8 Å². The van der Waals surface area contributed by atoms with E-state index in [9.17, 15) is 9.59 Å². The van der Waals surface area contributed by atoms with Crippen molar-refractivity contribution in [3.8, 4) is 0 Å². The van der Waals surface area contributed by atoms with E-state index in [1.807, 2.05) is 61.5 Å². The lowest BCUT2D eigenvalue weighted by Gasteiger charge is -2.29. The van der Waals surface area contributed by atoms with Gasteiger partial charge in [-0.1, -0.05) is 59.8 Å². The minimum absolute atomic E-state index is 0.153. The molecule has 0 spiro atoms. The maximum absolute atomic E-state index is 12.5. The number of nitrogens with zero attached hydrogens (tertiary/aromatic N) is 1. The summed E-state index contributed by atoms with van der Waals surface area (Å²) in [6.45, 7) is 1.97. The van der Waals surface area contributed by atoms with Crippen molar-refractivity contribution in [3.05, 3.63) is 65.7 Å². The van der Waals surface area contributed by atoms with Gasteiger partial charge in [-0.25, -0.2) is 0 Å². The first kappa shape index (κ1) is 16.7. The highest BCUT2D eigenvalue weighted by Crippen LogP contribution is 2.28. The van der Waals surface area contributed by atoms with Crippen molar-refractivity contribution in [2.24, 2.45) is 0 Å². The van der Waals surface area contributed by atoms with Gasteiger partial charge in [0, 0.05) is 4.90 Å². The molecule has 0 radical (unpaired) electrons. The molecule has 124 valence electrons. The van der Waals surface area contributed by atoms with Crippen molar-refractivity contribution in [1.82, 2.24) is 5.06 Å². The molecule has 1 aliphatic rings. The molecule has 1 atom stereocenters. The second-order valence-corrected chi connectivity index (χ2v) is 6.49. The largest absolute Gasteiger partial charge is 0.347 e. The van der Waals surface area contributed by atoms with E-state index in [0.29, 0.717) is 0 Å². The third-order valence-corrected chi connectivity index (χ3v) is 4.55. The van der Waals surface area contributed by atoms with Crippen molar-refractivity contribution in [2.75, 3.05) is 6.61 Å². The second-order valence-electron chi connectivity index (χ2n) is 5.36. The van der Waals surface area contributed by atoms with Crippen molar-refractivity contribution >= 4 is 23.6 Å². The maximum atomic E-state index is 12.5. The SMILES string of the molecule is Cc1ccc(SC2OCC(=O)N(OCc3ccccc3)C2=O)cc1. The Hall–Kier alpha value is -2.15. The fourth-order valence-electron chi connectivity index (χ4n) is 2.17. The zero-order valence-electron chi connectivity index (χ0n) is 13.2. The predicted octanol–water partition coefficient (Wildman–Crippen LogP) is 2.93. The number of carbonyl (C=O) groups excluding carboxylic acids is 2. The van der Waals surface area contributed by atoms with Crippen LogP contribution in [-0.2, 0) is 25.8 Å². The summed E-state index contributed by atoms with van der Waals surface area (Å²) in [5.74, 6) is -0.982. The van der Waals surface area contributed by atoms with Crippen LogP contribution >= 0.6 is 11.8 Å². The van der Waals surface area contributed by atoms with Crippen LogP contribution in [-0.4, -0.2) is 28.9 Å². The monoisotopic (exact) mass is 343 g/mol. The lowest BCUT2D eigenvalue weighted by molar-refractivity contribution is -0.215. The number of benzene rings is 2. The van der Waals surface area contributed by atoms with Crippen LogP contribution in [0.3, 0.4) is 0 Å². The Morgan fingerprint density at radius 3 is 2.54 bits per heavy atom. The number of morpholine rings is 1. The highest BCUT2D eigenvalue weighted by atomic mass is 32.2. The standard InChI is InChI=1S/C18H17NO4S/c1-13-7-9-15(10-8-13)24-18-17(21)19(16(20)12-22-18)23-11-14-5-3-2-4-6-14/h2-10,18H,11-12H2,1H3. The van der Waals surface area contributed by atoms with Crippen LogP contribution in [0.2, 0.25) is 0 Å². The van der Waals surface area contributed by atoms with Gasteiger partial charge in [-0.3, -0.25) is 14.4 Å². The summed E-state index contributed by atoms with van der Waals surface area (Å²) in [5.41, 5.74) is 1.23. The van der Waals surface area contributed by atoms with E-state index in [0.717, 1.165) is 21.1 Å². The number of ether oxygens (including phenoxy) is 1. The van der Waals surface area contributed by atoms with Crippen LogP contribution in [0, 0.1) is 6.92 Å². The summed E-state index contributed by atoms with van der Waals surface area (Å²) in [5, 5.41) is 0.822. The molecule has 1 heterocycles. The van der Waals surface area contributed by atoms with Crippen LogP contribution in [0.5, 0.6) is 0 Å². The first-order valence-corrected chi connectivity index (χ1v) is 8.40. The summed E-state index contributed by atoms with van der Waals surface area (Å²) in [6, 6.07) is 17.1. The summed E-state index contributed by atoms with van der Waals surface area (Å²) < 4.78 is 5.36. The van der Waals surface area contributed by atoms with Gasteiger partial charge in [0.1, 0.15) is 13.2 Å². The van der Waals surface area contributed by atoms with Gasteiger partial charge in [0.25, 0.3) is 11.8 Å². The minimum atomic E-state index is -0.791. The molecule has 5 nitrogen and oxygen atoms in total. The van der Waals surface area contributed by atoms with Crippen molar-refractivity contribution in [3.63, 3.8) is 0 Å². The molecule has 0 aliphatic carbocycles. The van der Waals surface area contributed by atoms with Crippen molar-refractivity contribution < 1.29 is 19.2 Å². The molecule has 24 heavy (non-hydrogen) atoms. The number of thioether (sulfide) groups is 1. The molecule has 0 aromatic heterocycles. The van der Waals surface area contributed by atoms with E-state index in [1.54, 1.807) is 0 Å². The quantitative estimate of drug-likeness (QED) is 0.781. The molecule has 6 heteroatoms. The fourth-order valence-corrected chi connectivity index (χ4v) is 3.04. The molecule has 1 unspecified atom stereocenters. The van der Waals surface area contributed by atoms with Crippen LogP contribution in [0.25, 0.3) is 0 Å². The molecule has 2 aromatic rings. The van der Waals surface area contributed by atoms with E-state index < -0.39 is 17.3 Å². The molecule has 1 aliphatic heterocycles. The Bertz CT molecular complexity index is 718. The number of rotatable bonds is 5. The Kier molecular flexibility index (Phi) is 5.30. The van der Waals surface area contributed by atoms with Crippen LogP contribution in [0.15, 0.2) is 59.5 Å². The molecule has 3 rings (SSSR count). The predicted molar refractivity (Wildman–Crippen MR) is 89.9 cm³/mol. The number of amides is 2. The van der Waals surface area contributed by atoms with Crippen LogP contribution < -0.4 is 0 Å². The second kappa shape index (κ2) is 7.61. The highest BCUT2D eigenvalue weighted by Gasteiger charge is 2.37. The van der Waals surface area contributed by atoms with Crippen molar-refractivity contribution in [1.29, 1.82) is 0 Å². The van der Waals surface area contributed by atoms with E-state index in [2.05, 4.69) is 0 Å². The molecule has 0 N–H and O–H groups in total. The Morgan fingerprint density at radius 2 is 1.83 bits per heavy atom. The summed E-state index contributed by atoms with van der Waals surface area (Å²) in [7, 11) is 0. The number of imide groups is 1. The first-order valence-electron chi connectivity index (χ1n) is 7.52. The topological polar surface area (TPSA) is 55.8 Å². The van der Waals surface area contributed by atoms with Crippen LogP contribution in [0.1, 0.15) is 11.1 Å². The van der Waals surface area contributed by atoms with E-state index in [-0.39, 0.29) is 13.2 Å². The molecule has 2 aromatic carbocycles. The Morgan fingerprint density at radius 1 is 1.12 bits per heavy atom. The lowest BCUT2D eigenvalue weighted by atomic mass is 10.2. The molecule has 0 saturated carbocycles. The van der Waals surface area contributed by atoms with E-state index in [4.69, 9.17) is 9.57 Å². The number of hydrogen-bond donors (Lipinski definition) is 0. The summed E-state index contributed by atoms with van der Waals surface area (Å²) in [6.07, 6.45) is 0. The molecule has 2 amide bonds. The van der Waals surface area contributed by atoms with Gasteiger partial charge < -0.3 is 4.74 Å². The number of carbonyl (C=O) groups is 2. The van der Waals surface area contributed by atoms with Gasteiger partial charge in [-0.15, -0.1) is 5.06 Å². The van der Waals surface area contributed by atoms with Gasteiger partial charge in [0.15, 0.2) is 5.44 Å². The zero-order chi connectivity index (χ0) is 16.9. The van der Waals surface area contributed by atoms with Gasteiger partial charge >= 0.3 is 0 Å². The normalized spacial score (nSPS) is 18.0. The van der Waals surface area contributed by atoms with Gasteiger partial charge in [-0.05, 0) is 24.6 Å². The van der Waals surface area contributed by atoms with Gasteiger partial charge in [0.2, 0.25) is 0 Å². The average Bonchev–Trinajstić information content (AvgIpc) is 2.60. The molecule has 1 saturated heterocycles. The number of aryl methyl sites for hydroxylation is 1.